The summed E-state index contributed by atoms with van der Waals surface area (Å²) >= 11 is 0.500. The maximum absolute atomic E-state index is 8.30. The molecule has 0 unspecified atom stereocenters. The van der Waals surface area contributed by atoms with E-state index in [2.05, 4.69) is 0 Å². The molecule has 0 fully saturated rings. The van der Waals surface area contributed by atoms with E-state index in [1.54, 1.807) is 0 Å². The van der Waals surface area contributed by atoms with Gasteiger partial charge in [0.2, 0.25) is 0 Å². The molecule has 0 N–H and O–H groups in total. The van der Waals surface area contributed by atoms with Gasteiger partial charge < -0.3 is 0 Å². The molecule has 0 rings (SSSR count). The van der Waals surface area contributed by atoms with Crippen molar-refractivity contribution in [1.82, 2.24) is 0 Å². The topological polar surface area (TPSA) is 17.1 Å². The monoisotopic (exact) mass is 346 g/mol. The van der Waals surface area contributed by atoms with Gasteiger partial charge in [-0.2, -0.15) is 0 Å². The number of rotatable bonds is 0. The molecule has 0 saturated heterocycles. The molecule has 0 heterocycles. The molecule has 0 aromatic rings. The van der Waals surface area contributed by atoms with Crippen LogP contribution in [0.3, 0.4) is 0 Å². The van der Waals surface area contributed by atoms with Crippen molar-refractivity contribution in [3.8, 4) is 0 Å². The summed E-state index contributed by atoms with van der Waals surface area (Å²) in [5, 5.41) is 0. The maximum Gasteiger partial charge on any atom is 0 e. The van der Waals surface area contributed by atoms with Crippen molar-refractivity contribution in [2.45, 2.75) is 0 Å². The number of hydrogen-bond donors (Lipinski definition) is 0. The maximum atomic E-state index is 8.30. The van der Waals surface area contributed by atoms with Crippen LogP contribution >= 0.6 is 0 Å². The third-order valence-corrected chi connectivity index (χ3v) is 0. The molecule has 20 valence electrons. The standard InChI is InChI=1S/La.Li.Nb.O.Zr.H. The van der Waals surface area contributed by atoms with Crippen LogP contribution in [0.25, 0.3) is 0 Å². The largest absolute Gasteiger partial charge is 0 e. The van der Waals surface area contributed by atoms with E-state index in [1.165, 1.54) is 0 Å². The van der Waals surface area contributed by atoms with Gasteiger partial charge in [0.15, 0.2) is 0 Å². The van der Waals surface area contributed by atoms with Gasteiger partial charge in [0.25, 0.3) is 0 Å². The van der Waals surface area contributed by atoms with Crippen LogP contribution in [0.4, 0.5) is 0 Å². The minimum absolute atomic E-state index is 0. The molecule has 5 heteroatoms. The van der Waals surface area contributed by atoms with E-state index in [0.717, 1.165) is 0 Å². The molecule has 1 radical (unpaired) electrons. The van der Waals surface area contributed by atoms with Crippen molar-refractivity contribution in [2.75, 3.05) is 0 Å². The van der Waals surface area contributed by atoms with Gasteiger partial charge in [-0.15, -0.1) is 0 Å². The molecule has 0 aromatic heterocycles. The molecule has 1 nitrogen and oxygen atoms in total. The normalized spacial score (nSPS) is 0.600. The zero-order valence-electron chi connectivity index (χ0n) is 1.93. The molecule has 0 saturated carbocycles. The van der Waals surface area contributed by atoms with Gasteiger partial charge in [-0.25, -0.2) is 0 Å². The van der Waals surface area contributed by atoms with Crippen LogP contribution in [0.1, 0.15) is 0 Å². The molecule has 0 aliphatic carbocycles. The van der Waals surface area contributed by atoms with Crippen LogP contribution in [0, 0.1) is 35.6 Å². The fourth-order valence-corrected chi connectivity index (χ4v) is 0. The molecular formula is HLaLiNbOZr. The van der Waals surface area contributed by atoms with E-state index in [9.17, 15) is 0 Å². The van der Waals surface area contributed by atoms with Crippen LogP contribution in [0.5, 0.6) is 0 Å². The molecule has 0 bridgehead atoms. The van der Waals surface area contributed by atoms with Gasteiger partial charge in [-0.3, -0.25) is 0 Å². The van der Waals surface area contributed by atoms with Gasteiger partial charge in [-0.05, 0) is 0 Å². The van der Waals surface area contributed by atoms with Crippen molar-refractivity contribution in [2.24, 2.45) is 0 Å². The summed E-state index contributed by atoms with van der Waals surface area (Å²) in [6.07, 6.45) is 0. The average molecular weight is 347 g/mol. The zero-order chi connectivity index (χ0) is 2.00. The first-order valence-corrected chi connectivity index (χ1v) is 1.08. The van der Waals surface area contributed by atoms with Crippen LogP contribution in [0.15, 0.2) is 0 Å². The summed E-state index contributed by atoms with van der Waals surface area (Å²) in [5.74, 6) is 0. The second kappa shape index (κ2) is 27.0. The fraction of sp³-hybridized carbons (Fsp3) is 0. The summed E-state index contributed by atoms with van der Waals surface area (Å²) in [7, 11) is 0. The zero-order valence-corrected chi connectivity index (χ0v) is 10.2. The van der Waals surface area contributed by atoms with E-state index in [4.69, 9.17) is 3.25 Å². The Bertz CT molecular complexity index is 11.6. The third kappa shape index (κ3) is 19.0. The molecule has 0 amide bonds. The first-order valence-electron chi connectivity index (χ1n) is 0.183. The first-order chi connectivity index (χ1) is 1.00. The van der Waals surface area contributed by atoms with Crippen LogP contribution in [-0.2, 0) is 50.5 Å². The minimum Gasteiger partial charge on any atom is 0 e. The van der Waals surface area contributed by atoms with E-state index in [-0.39, 0.29) is 80.7 Å². The molecule has 0 spiro atoms. The molecule has 0 aliphatic rings. The Morgan fingerprint density at radius 2 is 1.20 bits per heavy atom. The van der Waals surface area contributed by atoms with E-state index >= 15 is 0 Å². The molecule has 5 heavy (non-hydrogen) atoms. The predicted octanol–water partition coefficient (Wildman–Crippen LogP) is -0.772. The second-order valence-corrected chi connectivity index (χ2v) is 0. The Morgan fingerprint density at radius 1 is 1.20 bits per heavy atom. The minimum atomic E-state index is 0. The summed E-state index contributed by atoms with van der Waals surface area (Å²) in [6, 6.07) is 0. The van der Waals surface area contributed by atoms with Gasteiger partial charge in [0.05, 0.1) is 0 Å². The van der Waals surface area contributed by atoms with Crippen molar-refractivity contribution >= 4 is 18.9 Å². The van der Waals surface area contributed by atoms with Crippen LogP contribution in [-0.4, -0.2) is 18.9 Å². The summed E-state index contributed by atoms with van der Waals surface area (Å²) in [6.45, 7) is 0. The van der Waals surface area contributed by atoms with Gasteiger partial charge >= 0.3 is 43.2 Å². The second-order valence-electron chi connectivity index (χ2n) is 0. The predicted molar refractivity (Wildman–Crippen MR) is 7.84 cm³/mol. The van der Waals surface area contributed by atoms with Crippen molar-refractivity contribution in [3.05, 3.63) is 0 Å². The molecule has 0 atom stereocenters. The third-order valence-electron chi connectivity index (χ3n) is 0. The van der Waals surface area contributed by atoms with Gasteiger partial charge in [0.1, 0.15) is 0 Å². The van der Waals surface area contributed by atoms with Crippen molar-refractivity contribution < 1.29 is 86.1 Å². The Hall–Kier alpha value is 3.22. The van der Waals surface area contributed by atoms with Crippen LogP contribution < -0.4 is 0 Å². The summed E-state index contributed by atoms with van der Waals surface area (Å²) < 4.78 is 8.30. The van der Waals surface area contributed by atoms with E-state index in [1.807, 2.05) is 0 Å². The Balaban J connectivity index is -0.00000000167. The van der Waals surface area contributed by atoms with Crippen molar-refractivity contribution in [1.29, 1.82) is 0 Å². The Labute approximate surface area is 103 Å². The summed E-state index contributed by atoms with van der Waals surface area (Å²) in [4.78, 5) is 0. The fourth-order valence-electron chi connectivity index (χ4n) is 0. The Morgan fingerprint density at radius 3 is 1.20 bits per heavy atom. The van der Waals surface area contributed by atoms with Gasteiger partial charge in [0, 0.05) is 61.8 Å². The van der Waals surface area contributed by atoms with Crippen molar-refractivity contribution in [3.63, 3.8) is 0 Å². The SMILES string of the molecule is [La].[LiH].[O]=[Nb].[Zr]. The average Bonchev–Trinajstić information content (AvgIpc) is 1.00. The molecular weight excluding hydrogens is 346 g/mol. The van der Waals surface area contributed by atoms with E-state index < -0.39 is 0 Å². The van der Waals surface area contributed by atoms with Crippen LogP contribution in [0.2, 0.25) is 0 Å². The first kappa shape index (κ1) is 24.1. The van der Waals surface area contributed by atoms with Gasteiger partial charge in [-0.1, -0.05) is 0 Å². The smallest absolute Gasteiger partial charge is 0 e. The molecule has 0 aliphatic heterocycles. The number of hydrogen-bond acceptors (Lipinski definition) is 1. The Kier molecular flexibility index (Phi) is 130. The van der Waals surface area contributed by atoms with E-state index in [0.29, 0.717) is 21.0 Å². The quantitative estimate of drug-likeness (QED) is 0.526. The molecule has 0 aromatic carbocycles. The summed E-state index contributed by atoms with van der Waals surface area (Å²) in [5.41, 5.74) is 0.